The molecule has 1 aromatic rings. The fraction of sp³-hybridized carbons (Fsp3) is 0.722. The molecule has 2 bridgehead atoms. The number of nitrogens with two attached hydrogens (primary N) is 1. The predicted octanol–water partition coefficient (Wildman–Crippen LogP) is 4.78. The van der Waals surface area contributed by atoms with Crippen LogP contribution in [0.3, 0.4) is 0 Å². The first kappa shape index (κ1) is 28.4. The molecule has 1 heterocycles. The summed E-state index contributed by atoms with van der Waals surface area (Å²) < 4.78 is 6.44. The van der Waals surface area contributed by atoms with Crippen molar-refractivity contribution in [3.05, 3.63) is 35.9 Å². The highest BCUT2D eigenvalue weighted by Gasteiger charge is 2.66. The average Bonchev–Trinajstić information content (AvgIpc) is 3.68. The van der Waals surface area contributed by atoms with Gasteiger partial charge in [-0.2, -0.15) is 0 Å². The van der Waals surface area contributed by atoms with Gasteiger partial charge in [-0.15, -0.1) is 0 Å². The minimum atomic E-state index is -0.515. The molecule has 0 spiro atoms. The van der Waals surface area contributed by atoms with Crippen LogP contribution >= 0.6 is 0 Å². The first-order valence-electron chi connectivity index (χ1n) is 16.7. The molecule has 2 N–H and O–H groups in total. The largest absolute Gasteiger partial charge is 0.453 e. The summed E-state index contributed by atoms with van der Waals surface area (Å²) in [5.41, 5.74) is -0.00234. The summed E-state index contributed by atoms with van der Waals surface area (Å²) in [7, 11) is 0. The smallest absolute Gasteiger partial charge is 0.306 e. The summed E-state index contributed by atoms with van der Waals surface area (Å²) in [6.45, 7) is 7.62. The highest BCUT2D eigenvalue weighted by atomic mass is 16.6. The zero-order chi connectivity index (χ0) is 29.4. The van der Waals surface area contributed by atoms with Crippen LogP contribution in [0.25, 0.3) is 0 Å². The molecule has 42 heavy (non-hydrogen) atoms. The molecule has 0 radical (unpaired) electrons. The van der Waals surface area contributed by atoms with Gasteiger partial charge in [0.15, 0.2) is 5.60 Å². The summed E-state index contributed by atoms with van der Waals surface area (Å²) in [4.78, 5) is 53.5. The highest BCUT2D eigenvalue weighted by Crippen LogP contribution is 2.66. The minimum Gasteiger partial charge on any atom is -0.453 e. The van der Waals surface area contributed by atoms with Gasteiger partial charge in [0.05, 0.1) is 18.5 Å². The maximum absolute atomic E-state index is 14.1. The number of ketones is 3. The summed E-state index contributed by atoms with van der Waals surface area (Å²) in [5.74, 6) is 1.68. The van der Waals surface area contributed by atoms with E-state index in [1.807, 2.05) is 18.2 Å². The predicted molar refractivity (Wildman–Crippen MR) is 157 cm³/mol. The van der Waals surface area contributed by atoms with E-state index >= 15 is 0 Å². The fourth-order valence-electron chi connectivity index (χ4n) is 11.5. The van der Waals surface area contributed by atoms with Crippen LogP contribution in [0.5, 0.6) is 0 Å². The SMILES string of the molecule is C[C@H](CCC(=O)OC1(c2ccccc2)CC2CC1C[NH2+]2)[C@H]1CC[C@H]2[C@@H]3C(=O)C[C@@H]4CC(=O)CC[C@]4(C)[C@H]3CC(=O)[C@]12C. The normalized spacial score (nSPS) is 44.8. The maximum atomic E-state index is 14.1. The summed E-state index contributed by atoms with van der Waals surface area (Å²) in [5, 5.41) is 2.40. The molecular weight excluding hydrogens is 526 g/mol. The molecule has 7 rings (SSSR count). The number of benzene rings is 1. The van der Waals surface area contributed by atoms with E-state index in [4.69, 9.17) is 4.74 Å². The molecule has 5 aliphatic carbocycles. The molecule has 6 heteroatoms. The molecule has 3 unspecified atom stereocenters. The van der Waals surface area contributed by atoms with Gasteiger partial charge in [0.25, 0.3) is 0 Å². The topological polar surface area (TPSA) is 94.1 Å². The van der Waals surface area contributed by atoms with Crippen molar-refractivity contribution in [1.29, 1.82) is 0 Å². The van der Waals surface area contributed by atoms with E-state index in [-0.39, 0.29) is 52.7 Å². The molecular formula is C36H48NO5+. The Bertz CT molecular complexity index is 1290. The van der Waals surface area contributed by atoms with Crippen molar-refractivity contribution in [2.45, 2.75) is 103 Å². The molecule has 6 nitrogen and oxygen atoms in total. The second-order valence-electron chi connectivity index (χ2n) is 15.6. The van der Waals surface area contributed by atoms with Crippen LogP contribution in [0.1, 0.15) is 97.0 Å². The van der Waals surface area contributed by atoms with Gasteiger partial charge in [0.2, 0.25) is 0 Å². The van der Waals surface area contributed by atoms with Crippen LogP contribution in [-0.4, -0.2) is 35.9 Å². The van der Waals surface area contributed by atoms with Crippen LogP contribution in [0.4, 0.5) is 0 Å². The molecule has 5 saturated carbocycles. The zero-order valence-electron chi connectivity index (χ0n) is 25.6. The lowest BCUT2D eigenvalue weighted by Crippen LogP contribution is -2.89. The Balaban J connectivity index is 1.05. The van der Waals surface area contributed by atoms with Crippen LogP contribution in [-0.2, 0) is 29.5 Å². The summed E-state index contributed by atoms with van der Waals surface area (Å²) in [6, 6.07) is 10.8. The molecule has 1 aromatic carbocycles. The zero-order valence-corrected chi connectivity index (χ0v) is 25.6. The van der Waals surface area contributed by atoms with Crippen LogP contribution in [0.15, 0.2) is 30.3 Å². The number of hydrogen-bond acceptors (Lipinski definition) is 5. The number of hydrogen-bond donors (Lipinski definition) is 1. The third-order valence-corrected chi connectivity index (χ3v) is 13.8. The van der Waals surface area contributed by atoms with Crippen molar-refractivity contribution >= 4 is 23.3 Å². The van der Waals surface area contributed by atoms with E-state index in [2.05, 4.69) is 38.2 Å². The van der Waals surface area contributed by atoms with Gasteiger partial charge in [0, 0.05) is 56.3 Å². The quantitative estimate of drug-likeness (QED) is 0.494. The van der Waals surface area contributed by atoms with Gasteiger partial charge in [-0.3, -0.25) is 19.2 Å². The number of Topliss-reactive ketones (excluding diaryl/α,β-unsaturated/α-hetero) is 3. The van der Waals surface area contributed by atoms with Gasteiger partial charge in [-0.1, -0.05) is 51.1 Å². The Morgan fingerprint density at radius 3 is 2.52 bits per heavy atom. The van der Waals surface area contributed by atoms with Crippen molar-refractivity contribution < 1.29 is 29.2 Å². The van der Waals surface area contributed by atoms with Crippen molar-refractivity contribution in [1.82, 2.24) is 0 Å². The Kier molecular flexibility index (Phi) is 6.84. The van der Waals surface area contributed by atoms with Gasteiger partial charge < -0.3 is 10.1 Å². The number of esters is 1. The molecule has 1 aliphatic heterocycles. The number of fused-ring (bicyclic) bond motifs is 7. The van der Waals surface area contributed by atoms with E-state index in [0.717, 1.165) is 44.2 Å². The Hall–Kier alpha value is -2.34. The second-order valence-corrected chi connectivity index (χ2v) is 15.6. The van der Waals surface area contributed by atoms with Crippen LogP contribution < -0.4 is 5.32 Å². The van der Waals surface area contributed by atoms with Crippen LogP contribution in [0.2, 0.25) is 0 Å². The van der Waals surface area contributed by atoms with Crippen molar-refractivity contribution in [2.24, 2.45) is 52.3 Å². The first-order chi connectivity index (χ1) is 20.1. The Morgan fingerprint density at radius 2 is 1.81 bits per heavy atom. The molecule has 1 saturated heterocycles. The summed E-state index contributed by atoms with van der Waals surface area (Å²) in [6.07, 6.45) is 7.75. The van der Waals surface area contributed by atoms with Gasteiger partial charge in [0.1, 0.15) is 17.3 Å². The van der Waals surface area contributed by atoms with Gasteiger partial charge >= 0.3 is 5.97 Å². The van der Waals surface area contributed by atoms with E-state index in [1.165, 1.54) is 0 Å². The number of carbonyl (C=O) groups is 4. The van der Waals surface area contributed by atoms with Crippen molar-refractivity contribution in [2.75, 3.05) is 6.54 Å². The Labute approximate surface area is 250 Å². The summed E-state index contributed by atoms with van der Waals surface area (Å²) >= 11 is 0. The molecule has 226 valence electrons. The highest BCUT2D eigenvalue weighted by molar-refractivity contribution is 5.93. The van der Waals surface area contributed by atoms with E-state index in [1.54, 1.807) is 0 Å². The molecule has 6 fully saturated rings. The fourth-order valence-corrected chi connectivity index (χ4v) is 11.5. The lowest BCUT2D eigenvalue weighted by Gasteiger charge is -2.58. The van der Waals surface area contributed by atoms with E-state index < -0.39 is 11.0 Å². The number of piperidine rings is 1. The standard InChI is InChI=1S/C36H47NO5/c1-21(9-12-32(41)42-36(22-7-5-4-6-8-22)19-25-15-24(36)20-37-25)27-10-11-28-33-29(18-31(40)35(27,28)3)34(2)14-13-26(38)16-23(34)17-30(33)39/h4-8,21,23-25,27-29,33,37H,9-20H2,1-3H3/p+1/t21-,23+,24?,25?,27-,28+,29+,33+,34+,35-,36?/m1/s1. The molecule has 11 atom stereocenters. The van der Waals surface area contributed by atoms with Gasteiger partial charge in [-0.25, -0.2) is 0 Å². The lowest BCUT2D eigenvalue weighted by atomic mass is 9.44. The first-order valence-corrected chi connectivity index (χ1v) is 16.7. The van der Waals surface area contributed by atoms with Crippen molar-refractivity contribution in [3.63, 3.8) is 0 Å². The third-order valence-electron chi connectivity index (χ3n) is 13.8. The van der Waals surface area contributed by atoms with E-state index in [0.29, 0.717) is 62.1 Å². The maximum Gasteiger partial charge on any atom is 0.306 e. The van der Waals surface area contributed by atoms with E-state index in [9.17, 15) is 19.2 Å². The van der Waals surface area contributed by atoms with Crippen molar-refractivity contribution in [3.8, 4) is 0 Å². The minimum absolute atomic E-state index is 0.0651. The number of quaternary nitrogens is 1. The molecule has 6 aliphatic rings. The monoisotopic (exact) mass is 574 g/mol. The molecule has 0 aromatic heterocycles. The van der Waals surface area contributed by atoms with Crippen LogP contribution in [0, 0.1) is 52.3 Å². The number of ether oxygens (including phenoxy) is 1. The number of rotatable bonds is 6. The number of carbonyl (C=O) groups excluding carboxylic acids is 4. The lowest BCUT2D eigenvalue weighted by molar-refractivity contribution is -0.683. The molecule has 0 amide bonds. The second kappa shape index (κ2) is 10.1. The van der Waals surface area contributed by atoms with Gasteiger partial charge in [-0.05, 0) is 66.3 Å². The average molecular weight is 575 g/mol. The third kappa shape index (κ3) is 4.13. The Morgan fingerprint density at radius 1 is 1.02 bits per heavy atom.